The molecule has 16 heavy (non-hydrogen) atoms. The number of ether oxygens (including phenoxy) is 1. The third-order valence-corrected chi connectivity index (χ3v) is 3.56. The molecule has 1 rings (SSSR count). The van der Waals surface area contributed by atoms with Crippen LogP contribution in [0.15, 0.2) is 5.38 Å². The maximum atomic E-state index is 5.23. The largest absolute Gasteiger partial charge is 0.384 e. The zero-order valence-corrected chi connectivity index (χ0v) is 11.4. The van der Waals surface area contributed by atoms with Gasteiger partial charge in [-0.1, -0.05) is 13.8 Å². The van der Waals surface area contributed by atoms with E-state index in [1.165, 1.54) is 5.01 Å². The highest BCUT2D eigenvalue weighted by atomic mass is 32.1. The van der Waals surface area contributed by atoms with Crippen molar-refractivity contribution in [2.45, 2.75) is 33.2 Å². The molecule has 0 saturated heterocycles. The quantitative estimate of drug-likeness (QED) is 0.798. The average Bonchev–Trinajstić information content (AvgIpc) is 2.66. The number of aromatic nitrogens is 1. The second kappa shape index (κ2) is 6.99. The molecule has 3 nitrogen and oxygen atoms in total. The lowest BCUT2D eigenvalue weighted by atomic mass is 10.0. The maximum absolute atomic E-state index is 5.23. The summed E-state index contributed by atoms with van der Waals surface area (Å²) in [6.07, 6.45) is 1.14. The molecule has 0 aliphatic heterocycles. The third-order valence-electron chi connectivity index (χ3n) is 2.52. The summed E-state index contributed by atoms with van der Waals surface area (Å²) >= 11 is 1.73. The summed E-state index contributed by atoms with van der Waals surface area (Å²) in [6, 6.07) is 0.318. The van der Waals surface area contributed by atoms with Crippen molar-refractivity contribution >= 4 is 11.3 Å². The zero-order chi connectivity index (χ0) is 12.0. The fourth-order valence-electron chi connectivity index (χ4n) is 1.71. The molecule has 0 bridgehead atoms. The molecule has 0 spiro atoms. The number of nitrogens with zero attached hydrogens (tertiary/aromatic N) is 1. The molecule has 2 atom stereocenters. The number of methoxy groups -OCH3 is 1. The number of nitrogens with one attached hydrogen (secondary N) is 1. The van der Waals surface area contributed by atoms with Crippen LogP contribution in [0, 0.1) is 12.8 Å². The molecule has 0 radical (unpaired) electrons. The fraction of sp³-hybridized carbons (Fsp3) is 0.750. The summed E-state index contributed by atoms with van der Waals surface area (Å²) in [5, 5.41) is 6.83. The lowest BCUT2D eigenvalue weighted by molar-refractivity contribution is 0.139. The van der Waals surface area contributed by atoms with Crippen molar-refractivity contribution in [3.63, 3.8) is 0 Å². The van der Waals surface area contributed by atoms with Gasteiger partial charge in [0.25, 0.3) is 0 Å². The van der Waals surface area contributed by atoms with Crippen LogP contribution in [0.1, 0.15) is 37.0 Å². The first-order valence-electron chi connectivity index (χ1n) is 5.83. The molecule has 1 aromatic rings. The minimum atomic E-state index is 0.318. The molecular weight excluding hydrogens is 220 g/mol. The van der Waals surface area contributed by atoms with Crippen LogP contribution in [0.25, 0.3) is 0 Å². The zero-order valence-electron chi connectivity index (χ0n) is 10.6. The minimum Gasteiger partial charge on any atom is -0.384 e. The van der Waals surface area contributed by atoms with E-state index in [1.807, 2.05) is 6.92 Å². The van der Waals surface area contributed by atoms with Crippen LogP contribution < -0.4 is 5.32 Å². The SMILES string of the molecule is CCCNC(c1nc(C)cs1)C(C)COC. The van der Waals surface area contributed by atoms with Gasteiger partial charge in [-0.15, -0.1) is 11.3 Å². The van der Waals surface area contributed by atoms with Gasteiger partial charge in [0, 0.05) is 24.1 Å². The second-order valence-electron chi connectivity index (χ2n) is 4.19. The molecule has 2 unspecified atom stereocenters. The summed E-state index contributed by atoms with van der Waals surface area (Å²) in [6.45, 7) is 8.21. The molecule has 1 N–H and O–H groups in total. The first-order chi connectivity index (χ1) is 7.69. The van der Waals surface area contributed by atoms with Crippen molar-refractivity contribution in [2.24, 2.45) is 5.92 Å². The summed E-state index contributed by atoms with van der Waals surface area (Å²) in [5.74, 6) is 0.446. The molecule has 0 aliphatic carbocycles. The van der Waals surface area contributed by atoms with E-state index in [1.54, 1.807) is 18.4 Å². The summed E-state index contributed by atoms with van der Waals surface area (Å²) in [5.41, 5.74) is 1.10. The van der Waals surface area contributed by atoms with Gasteiger partial charge < -0.3 is 10.1 Å². The lowest BCUT2D eigenvalue weighted by Gasteiger charge is -2.22. The Morgan fingerprint density at radius 2 is 2.31 bits per heavy atom. The first-order valence-corrected chi connectivity index (χ1v) is 6.71. The Hall–Kier alpha value is -0.450. The topological polar surface area (TPSA) is 34.2 Å². The Labute approximate surface area is 102 Å². The summed E-state index contributed by atoms with van der Waals surface area (Å²) < 4.78 is 5.23. The average molecular weight is 242 g/mol. The standard InChI is InChI=1S/C12H22N2OS/c1-5-6-13-11(9(2)7-15-4)12-14-10(3)8-16-12/h8-9,11,13H,5-7H2,1-4H3. The normalized spacial score (nSPS) is 15.0. The van der Waals surface area contributed by atoms with Crippen molar-refractivity contribution in [1.82, 2.24) is 10.3 Å². The number of hydrogen-bond acceptors (Lipinski definition) is 4. The molecule has 0 amide bonds. The highest BCUT2D eigenvalue weighted by Crippen LogP contribution is 2.25. The molecule has 0 fully saturated rings. The predicted molar refractivity (Wildman–Crippen MR) is 68.9 cm³/mol. The van der Waals surface area contributed by atoms with Crippen LogP contribution in [0.5, 0.6) is 0 Å². The molecule has 0 saturated carbocycles. The van der Waals surface area contributed by atoms with E-state index in [0.29, 0.717) is 12.0 Å². The molecule has 92 valence electrons. The molecule has 4 heteroatoms. The van der Waals surface area contributed by atoms with Crippen LogP contribution in [0.3, 0.4) is 0 Å². The van der Waals surface area contributed by atoms with Gasteiger partial charge >= 0.3 is 0 Å². The molecular formula is C12H22N2OS. The molecule has 0 aliphatic rings. The third kappa shape index (κ3) is 3.85. The van der Waals surface area contributed by atoms with Gasteiger partial charge in [-0.05, 0) is 19.9 Å². The van der Waals surface area contributed by atoms with Crippen LogP contribution in [0.4, 0.5) is 0 Å². The van der Waals surface area contributed by atoms with E-state index in [0.717, 1.165) is 25.3 Å². The fourth-order valence-corrected chi connectivity index (χ4v) is 2.71. The Bertz CT molecular complexity index is 301. The Kier molecular flexibility index (Phi) is 5.95. The lowest BCUT2D eigenvalue weighted by Crippen LogP contribution is -2.29. The summed E-state index contributed by atoms with van der Waals surface area (Å²) in [4.78, 5) is 4.57. The van der Waals surface area contributed by atoms with Crippen LogP contribution in [-0.2, 0) is 4.74 Å². The number of rotatable bonds is 7. The van der Waals surface area contributed by atoms with Gasteiger partial charge in [-0.3, -0.25) is 0 Å². The molecule has 1 heterocycles. The predicted octanol–water partition coefficient (Wildman–Crippen LogP) is 2.77. The van der Waals surface area contributed by atoms with E-state index in [-0.39, 0.29) is 0 Å². The van der Waals surface area contributed by atoms with Gasteiger partial charge in [0.1, 0.15) is 5.01 Å². The second-order valence-corrected chi connectivity index (χ2v) is 5.08. The van der Waals surface area contributed by atoms with Gasteiger partial charge in [-0.2, -0.15) is 0 Å². The van der Waals surface area contributed by atoms with Crippen LogP contribution in [-0.4, -0.2) is 25.2 Å². The van der Waals surface area contributed by atoms with Crippen LogP contribution in [0.2, 0.25) is 0 Å². The Morgan fingerprint density at radius 1 is 1.56 bits per heavy atom. The highest BCUT2D eigenvalue weighted by molar-refractivity contribution is 7.09. The minimum absolute atomic E-state index is 0.318. The van der Waals surface area contributed by atoms with Crippen molar-refractivity contribution in [3.8, 4) is 0 Å². The Balaban J connectivity index is 2.69. The highest BCUT2D eigenvalue weighted by Gasteiger charge is 2.21. The van der Waals surface area contributed by atoms with Crippen molar-refractivity contribution in [3.05, 3.63) is 16.1 Å². The van der Waals surface area contributed by atoms with E-state index in [4.69, 9.17) is 4.74 Å². The molecule has 1 aromatic heterocycles. The van der Waals surface area contributed by atoms with Crippen molar-refractivity contribution in [1.29, 1.82) is 0 Å². The van der Waals surface area contributed by atoms with E-state index >= 15 is 0 Å². The number of thiazole rings is 1. The first kappa shape index (κ1) is 13.6. The molecule has 0 aromatic carbocycles. The smallest absolute Gasteiger partial charge is 0.110 e. The monoisotopic (exact) mass is 242 g/mol. The maximum Gasteiger partial charge on any atom is 0.110 e. The van der Waals surface area contributed by atoms with E-state index < -0.39 is 0 Å². The van der Waals surface area contributed by atoms with Crippen molar-refractivity contribution in [2.75, 3.05) is 20.3 Å². The van der Waals surface area contributed by atoms with Gasteiger partial charge in [0.2, 0.25) is 0 Å². The number of aryl methyl sites for hydroxylation is 1. The van der Waals surface area contributed by atoms with Crippen LogP contribution >= 0.6 is 11.3 Å². The van der Waals surface area contributed by atoms with E-state index in [9.17, 15) is 0 Å². The number of hydrogen-bond donors (Lipinski definition) is 1. The Morgan fingerprint density at radius 3 is 2.81 bits per heavy atom. The van der Waals surface area contributed by atoms with E-state index in [2.05, 4.69) is 29.5 Å². The summed E-state index contributed by atoms with van der Waals surface area (Å²) in [7, 11) is 1.75. The van der Waals surface area contributed by atoms with Gasteiger partial charge in [0.15, 0.2) is 0 Å². The van der Waals surface area contributed by atoms with Crippen molar-refractivity contribution < 1.29 is 4.74 Å². The van der Waals surface area contributed by atoms with Gasteiger partial charge in [0.05, 0.1) is 12.6 Å². The van der Waals surface area contributed by atoms with Gasteiger partial charge in [-0.25, -0.2) is 4.98 Å².